The van der Waals surface area contributed by atoms with E-state index in [2.05, 4.69) is 24.0 Å². The van der Waals surface area contributed by atoms with Crippen molar-refractivity contribution in [2.24, 2.45) is 5.73 Å². The Morgan fingerprint density at radius 3 is 2.86 bits per heavy atom. The summed E-state index contributed by atoms with van der Waals surface area (Å²) in [7, 11) is 0. The molecule has 2 aliphatic rings. The Labute approximate surface area is 134 Å². The maximum Gasteiger partial charge on any atom is 0.231 e. The minimum atomic E-state index is 0.159. The van der Waals surface area contributed by atoms with E-state index in [0.29, 0.717) is 6.54 Å². The van der Waals surface area contributed by atoms with Crippen molar-refractivity contribution in [3.63, 3.8) is 0 Å². The van der Waals surface area contributed by atoms with Crippen molar-refractivity contribution in [2.45, 2.75) is 19.5 Å². The maximum absolute atomic E-state index is 6.27. The monoisotopic (exact) mass is 316 g/mol. The summed E-state index contributed by atoms with van der Waals surface area (Å²) in [5.74, 6) is 1.59. The van der Waals surface area contributed by atoms with Gasteiger partial charge in [0.05, 0.1) is 6.04 Å². The van der Waals surface area contributed by atoms with Crippen LogP contribution in [0, 0.1) is 6.92 Å². The molecule has 1 atom stereocenters. The largest absolute Gasteiger partial charge is 0.454 e. The molecule has 0 spiro atoms. The number of nitrogens with two attached hydrogens (primary N) is 1. The Morgan fingerprint density at radius 1 is 1.23 bits per heavy atom. The molecule has 22 heavy (non-hydrogen) atoms. The third-order valence-electron chi connectivity index (χ3n) is 4.54. The Morgan fingerprint density at radius 2 is 2.05 bits per heavy atom. The minimum absolute atomic E-state index is 0.159. The van der Waals surface area contributed by atoms with Gasteiger partial charge < -0.3 is 20.1 Å². The lowest BCUT2D eigenvalue weighted by atomic mass is 10.0. The van der Waals surface area contributed by atoms with Crippen molar-refractivity contribution >= 4 is 17.3 Å². The summed E-state index contributed by atoms with van der Waals surface area (Å²) >= 11 is 6.27. The highest BCUT2D eigenvalue weighted by molar-refractivity contribution is 6.31. The van der Waals surface area contributed by atoms with Crippen LogP contribution in [0.4, 0.5) is 5.69 Å². The summed E-state index contributed by atoms with van der Waals surface area (Å²) in [6.07, 6.45) is 0. The second-order valence-corrected chi connectivity index (χ2v) is 6.06. The molecule has 2 aromatic rings. The van der Waals surface area contributed by atoms with E-state index in [-0.39, 0.29) is 12.8 Å². The van der Waals surface area contributed by atoms with Gasteiger partial charge in [0.1, 0.15) is 0 Å². The van der Waals surface area contributed by atoms with Crippen molar-refractivity contribution in [1.29, 1.82) is 0 Å². The predicted octanol–water partition coefficient (Wildman–Crippen LogP) is 3.40. The van der Waals surface area contributed by atoms with Crippen LogP contribution >= 0.6 is 11.6 Å². The lowest BCUT2D eigenvalue weighted by molar-refractivity contribution is 0.174. The van der Waals surface area contributed by atoms with E-state index in [1.54, 1.807) is 0 Å². The molecule has 2 heterocycles. The lowest BCUT2D eigenvalue weighted by Gasteiger charge is -2.26. The fourth-order valence-electron chi connectivity index (χ4n) is 3.31. The van der Waals surface area contributed by atoms with Gasteiger partial charge >= 0.3 is 0 Å². The molecule has 2 aliphatic heterocycles. The van der Waals surface area contributed by atoms with Crippen LogP contribution < -0.4 is 20.1 Å². The SMILES string of the molecule is Cc1c(Cl)ccc2c1CN(c1ccc3c(c1)OCO3)C2CN. The fourth-order valence-corrected chi connectivity index (χ4v) is 3.49. The summed E-state index contributed by atoms with van der Waals surface area (Å²) in [6, 6.07) is 10.2. The average Bonchev–Trinajstić information content (AvgIpc) is 3.14. The van der Waals surface area contributed by atoms with Gasteiger partial charge in [-0.25, -0.2) is 0 Å². The van der Waals surface area contributed by atoms with E-state index in [4.69, 9.17) is 26.8 Å². The first-order valence-electron chi connectivity index (χ1n) is 7.33. The molecule has 4 rings (SSSR count). The predicted molar refractivity (Wildman–Crippen MR) is 86.7 cm³/mol. The van der Waals surface area contributed by atoms with Gasteiger partial charge in [-0.05, 0) is 41.8 Å². The number of rotatable bonds is 2. The van der Waals surface area contributed by atoms with Gasteiger partial charge in [-0.2, -0.15) is 0 Å². The van der Waals surface area contributed by atoms with Gasteiger partial charge in [-0.15, -0.1) is 0 Å². The number of hydrogen-bond acceptors (Lipinski definition) is 4. The molecule has 0 radical (unpaired) electrons. The molecule has 114 valence electrons. The summed E-state index contributed by atoms with van der Waals surface area (Å²) in [5.41, 5.74) is 10.8. The molecule has 2 N–H and O–H groups in total. The van der Waals surface area contributed by atoms with Crippen LogP contribution in [0.3, 0.4) is 0 Å². The molecule has 1 unspecified atom stereocenters. The minimum Gasteiger partial charge on any atom is -0.454 e. The van der Waals surface area contributed by atoms with Crippen LogP contribution in [0.1, 0.15) is 22.7 Å². The third kappa shape index (κ3) is 1.95. The highest BCUT2D eigenvalue weighted by Crippen LogP contribution is 2.43. The first-order chi connectivity index (χ1) is 10.7. The number of nitrogens with zero attached hydrogens (tertiary/aromatic N) is 1. The molecule has 5 heteroatoms. The van der Waals surface area contributed by atoms with E-state index < -0.39 is 0 Å². The van der Waals surface area contributed by atoms with E-state index in [1.165, 1.54) is 11.1 Å². The van der Waals surface area contributed by atoms with E-state index >= 15 is 0 Å². The summed E-state index contributed by atoms with van der Waals surface area (Å²) < 4.78 is 10.9. The van der Waals surface area contributed by atoms with Crippen LogP contribution in [0.5, 0.6) is 11.5 Å². The van der Waals surface area contributed by atoms with Crippen molar-refractivity contribution in [3.8, 4) is 11.5 Å². The summed E-state index contributed by atoms with van der Waals surface area (Å²) in [4.78, 5) is 2.30. The van der Waals surface area contributed by atoms with Crippen LogP contribution in [-0.4, -0.2) is 13.3 Å². The second kappa shape index (κ2) is 5.07. The summed E-state index contributed by atoms with van der Waals surface area (Å²) in [6.45, 7) is 3.72. The highest BCUT2D eigenvalue weighted by atomic mass is 35.5. The third-order valence-corrected chi connectivity index (χ3v) is 4.95. The molecular weight excluding hydrogens is 300 g/mol. The van der Waals surface area contributed by atoms with Gasteiger partial charge in [-0.3, -0.25) is 0 Å². The molecule has 0 fully saturated rings. The maximum atomic E-state index is 6.27. The molecule has 0 saturated heterocycles. The Balaban J connectivity index is 1.76. The topological polar surface area (TPSA) is 47.7 Å². The van der Waals surface area contributed by atoms with Gasteiger partial charge in [-0.1, -0.05) is 17.7 Å². The van der Waals surface area contributed by atoms with Crippen molar-refractivity contribution in [3.05, 3.63) is 52.0 Å². The lowest BCUT2D eigenvalue weighted by Crippen LogP contribution is -2.27. The van der Waals surface area contributed by atoms with Crippen LogP contribution in [0.15, 0.2) is 30.3 Å². The summed E-state index contributed by atoms with van der Waals surface area (Å²) in [5, 5.41) is 0.807. The van der Waals surface area contributed by atoms with E-state index in [1.807, 2.05) is 18.2 Å². The van der Waals surface area contributed by atoms with E-state index in [9.17, 15) is 0 Å². The first-order valence-corrected chi connectivity index (χ1v) is 7.71. The van der Waals surface area contributed by atoms with Gasteiger partial charge in [0.25, 0.3) is 0 Å². The molecule has 0 aliphatic carbocycles. The second-order valence-electron chi connectivity index (χ2n) is 5.66. The zero-order valence-corrected chi connectivity index (χ0v) is 13.1. The average molecular weight is 317 g/mol. The molecule has 0 amide bonds. The van der Waals surface area contributed by atoms with Crippen molar-refractivity contribution < 1.29 is 9.47 Å². The zero-order chi connectivity index (χ0) is 15.3. The molecule has 0 aromatic heterocycles. The zero-order valence-electron chi connectivity index (χ0n) is 12.3. The Hall–Kier alpha value is -1.91. The fraction of sp³-hybridized carbons (Fsp3) is 0.294. The Bertz CT molecular complexity index is 748. The smallest absolute Gasteiger partial charge is 0.231 e. The first kappa shape index (κ1) is 13.7. The van der Waals surface area contributed by atoms with Gasteiger partial charge in [0, 0.05) is 29.9 Å². The van der Waals surface area contributed by atoms with Gasteiger partial charge in [0.15, 0.2) is 11.5 Å². The standard InChI is InChI=1S/C17H17ClN2O2/c1-10-13-8-20(15(7-19)12(13)3-4-14(10)18)11-2-5-16-17(6-11)22-9-21-16/h2-6,15H,7-9,19H2,1H3. The number of halogens is 1. The highest BCUT2D eigenvalue weighted by Gasteiger charge is 2.31. The number of benzene rings is 2. The van der Waals surface area contributed by atoms with Crippen LogP contribution in [0.25, 0.3) is 0 Å². The molecule has 0 saturated carbocycles. The number of anilines is 1. The normalized spacial score (nSPS) is 18.7. The molecule has 4 nitrogen and oxygen atoms in total. The Kier molecular flexibility index (Phi) is 3.17. The number of hydrogen-bond donors (Lipinski definition) is 1. The number of fused-ring (bicyclic) bond motifs is 2. The van der Waals surface area contributed by atoms with E-state index in [0.717, 1.165) is 34.3 Å². The van der Waals surface area contributed by atoms with Crippen molar-refractivity contribution in [2.75, 3.05) is 18.2 Å². The van der Waals surface area contributed by atoms with Crippen LogP contribution in [0.2, 0.25) is 5.02 Å². The van der Waals surface area contributed by atoms with Crippen molar-refractivity contribution in [1.82, 2.24) is 0 Å². The van der Waals surface area contributed by atoms with Gasteiger partial charge in [0.2, 0.25) is 6.79 Å². The molecular formula is C17H17ClN2O2. The molecule has 2 aromatic carbocycles. The quantitative estimate of drug-likeness (QED) is 0.922. The van der Waals surface area contributed by atoms with Crippen LogP contribution in [-0.2, 0) is 6.54 Å². The molecule has 0 bridgehead atoms. The number of ether oxygens (including phenoxy) is 2.